The van der Waals surface area contributed by atoms with Crippen molar-refractivity contribution in [1.82, 2.24) is 0 Å². The first kappa shape index (κ1) is 17.4. The molecule has 0 aliphatic heterocycles. The Bertz CT molecular complexity index is 806. The van der Waals surface area contributed by atoms with E-state index in [0.29, 0.717) is 0 Å². The number of carboxylic acid groups (broad SMARTS) is 1. The summed E-state index contributed by atoms with van der Waals surface area (Å²) in [5.41, 5.74) is 0.201. The lowest BCUT2D eigenvalue weighted by Gasteiger charge is -2.28. The fourth-order valence-electron chi connectivity index (χ4n) is 1.98. The van der Waals surface area contributed by atoms with E-state index < -0.39 is 27.9 Å². The van der Waals surface area contributed by atoms with Gasteiger partial charge < -0.3 is 5.11 Å². The molecule has 2 rings (SSSR count). The van der Waals surface area contributed by atoms with Gasteiger partial charge in [-0.3, -0.25) is 4.31 Å². The third-order valence-corrected chi connectivity index (χ3v) is 5.60. The zero-order chi connectivity index (χ0) is 17.2. The zero-order valence-electron chi connectivity index (χ0n) is 12.0. The largest absolute Gasteiger partial charge is 0.480 e. The summed E-state index contributed by atoms with van der Waals surface area (Å²) in [6.07, 6.45) is 0. The Morgan fingerprint density at radius 2 is 1.65 bits per heavy atom. The van der Waals surface area contributed by atoms with Crippen LogP contribution < -0.4 is 4.31 Å². The van der Waals surface area contributed by atoms with Gasteiger partial charge in [0, 0.05) is 4.47 Å². The molecule has 0 aliphatic rings. The minimum atomic E-state index is -4.16. The van der Waals surface area contributed by atoms with Crippen molar-refractivity contribution in [3.63, 3.8) is 0 Å². The van der Waals surface area contributed by atoms with Crippen molar-refractivity contribution in [2.75, 3.05) is 4.31 Å². The lowest BCUT2D eigenvalue weighted by atomic mass is 10.2. The summed E-state index contributed by atoms with van der Waals surface area (Å²) >= 11 is 3.24. The Morgan fingerprint density at radius 1 is 1.13 bits per heavy atom. The summed E-state index contributed by atoms with van der Waals surface area (Å²) in [5, 5.41) is 9.25. The number of halogens is 2. The molecule has 2 aromatic rings. The van der Waals surface area contributed by atoms with Crippen LogP contribution in [0.25, 0.3) is 0 Å². The Balaban J connectivity index is 2.58. The maximum absolute atomic E-state index is 13.0. The number of anilines is 1. The second-order valence-corrected chi connectivity index (χ2v) is 7.48. The molecule has 8 heteroatoms. The number of benzene rings is 2. The standard InChI is InChI=1S/C15H13BrFNO4S/c1-10(15(19)20)18(13-6-2-11(16)3-7-13)23(21,22)14-8-4-12(17)5-9-14/h2-10H,1H3,(H,19,20). The molecule has 0 aromatic heterocycles. The Morgan fingerprint density at radius 3 is 2.13 bits per heavy atom. The van der Waals surface area contributed by atoms with Gasteiger partial charge in [-0.1, -0.05) is 15.9 Å². The van der Waals surface area contributed by atoms with E-state index in [-0.39, 0.29) is 10.6 Å². The molecule has 0 heterocycles. The summed E-state index contributed by atoms with van der Waals surface area (Å²) in [6.45, 7) is 1.27. The normalized spacial score (nSPS) is 12.7. The highest BCUT2D eigenvalue weighted by Gasteiger charge is 2.33. The lowest BCUT2D eigenvalue weighted by molar-refractivity contribution is -0.137. The molecular weight excluding hydrogens is 389 g/mol. The molecule has 1 atom stereocenters. The molecule has 2 aromatic carbocycles. The fourth-order valence-corrected chi connectivity index (χ4v) is 3.86. The maximum Gasteiger partial charge on any atom is 0.327 e. The first-order valence-electron chi connectivity index (χ1n) is 6.52. The second-order valence-electron chi connectivity index (χ2n) is 4.75. The smallest absolute Gasteiger partial charge is 0.327 e. The molecule has 0 saturated heterocycles. The van der Waals surface area contributed by atoms with Crippen LogP contribution in [0.2, 0.25) is 0 Å². The van der Waals surface area contributed by atoms with Crippen LogP contribution in [-0.4, -0.2) is 25.5 Å². The quantitative estimate of drug-likeness (QED) is 0.833. The lowest BCUT2D eigenvalue weighted by Crippen LogP contribution is -2.43. The minimum absolute atomic E-state index is 0.185. The van der Waals surface area contributed by atoms with Crippen LogP contribution in [0.1, 0.15) is 6.92 Å². The van der Waals surface area contributed by atoms with Gasteiger partial charge in [0.25, 0.3) is 10.0 Å². The molecule has 1 unspecified atom stereocenters. The summed E-state index contributed by atoms with van der Waals surface area (Å²) in [7, 11) is -4.16. The molecule has 23 heavy (non-hydrogen) atoms. The molecule has 0 spiro atoms. The van der Waals surface area contributed by atoms with Crippen molar-refractivity contribution in [2.45, 2.75) is 17.9 Å². The third kappa shape index (κ3) is 3.70. The number of sulfonamides is 1. The van der Waals surface area contributed by atoms with Crippen molar-refractivity contribution < 1.29 is 22.7 Å². The van der Waals surface area contributed by atoms with Crippen LogP contribution in [0, 0.1) is 5.82 Å². The highest BCUT2D eigenvalue weighted by Crippen LogP contribution is 2.27. The fraction of sp³-hybridized carbons (Fsp3) is 0.133. The molecule has 5 nitrogen and oxygen atoms in total. The molecule has 0 aliphatic carbocycles. The summed E-state index contributed by atoms with van der Waals surface area (Å²) in [4.78, 5) is 11.2. The third-order valence-electron chi connectivity index (χ3n) is 3.16. The average Bonchev–Trinajstić information content (AvgIpc) is 2.49. The van der Waals surface area contributed by atoms with Crippen LogP contribution in [0.5, 0.6) is 0 Å². The van der Waals surface area contributed by atoms with E-state index in [0.717, 1.165) is 33.0 Å². The second kappa shape index (κ2) is 6.67. The van der Waals surface area contributed by atoms with Gasteiger partial charge in [0.05, 0.1) is 10.6 Å². The van der Waals surface area contributed by atoms with Crippen LogP contribution >= 0.6 is 15.9 Å². The van der Waals surface area contributed by atoms with E-state index in [1.54, 1.807) is 12.1 Å². The minimum Gasteiger partial charge on any atom is -0.480 e. The van der Waals surface area contributed by atoms with Gasteiger partial charge in [0.2, 0.25) is 0 Å². The van der Waals surface area contributed by atoms with Crippen LogP contribution in [0.4, 0.5) is 10.1 Å². The van der Waals surface area contributed by atoms with Crippen molar-refractivity contribution in [3.8, 4) is 0 Å². The summed E-state index contributed by atoms with van der Waals surface area (Å²) in [5.74, 6) is -1.87. The molecular formula is C15H13BrFNO4S. The number of carboxylic acids is 1. The van der Waals surface area contributed by atoms with Crippen LogP contribution in [0.3, 0.4) is 0 Å². The van der Waals surface area contributed by atoms with Gasteiger partial charge in [0.1, 0.15) is 11.9 Å². The number of aliphatic carboxylic acids is 1. The summed E-state index contributed by atoms with van der Waals surface area (Å²) in [6, 6.07) is 9.10. The number of hydrogen-bond donors (Lipinski definition) is 1. The van der Waals surface area contributed by atoms with Gasteiger partial charge >= 0.3 is 5.97 Å². The van der Waals surface area contributed by atoms with Gasteiger partial charge in [-0.2, -0.15) is 0 Å². The number of hydrogen-bond acceptors (Lipinski definition) is 3. The Labute approximate surface area is 141 Å². The molecule has 122 valence electrons. The Kier molecular flexibility index (Phi) is 5.06. The topological polar surface area (TPSA) is 74.7 Å². The van der Waals surface area contributed by atoms with Crippen molar-refractivity contribution in [3.05, 3.63) is 58.8 Å². The van der Waals surface area contributed by atoms with E-state index in [1.165, 1.54) is 19.1 Å². The SMILES string of the molecule is CC(C(=O)O)N(c1ccc(Br)cc1)S(=O)(=O)c1ccc(F)cc1. The first-order chi connectivity index (χ1) is 10.7. The van der Waals surface area contributed by atoms with Gasteiger partial charge in [0.15, 0.2) is 0 Å². The van der Waals surface area contributed by atoms with Crippen molar-refractivity contribution in [1.29, 1.82) is 0 Å². The van der Waals surface area contributed by atoms with Crippen LogP contribution in [0.15, 0.2) is 57.9 Å². The number of rotatable bonds is 5. The van der Waals surface area contributed by atoms with E-state index in [4.69, 9.17) is 0 Å². The van der Waals surface area contributed by atoms with Crippen molar-refractivity contribution in [2.24, 2.45) is 0 Å². The first-order valence-corrected chi connectivity index (χ1v) is 8.75. The molecule has 0 amide bonds. The highest BCUT2D eigenvalue weighted by molar-refractivity contribution is 9.10. The maximum atomic E-state index is 13.0. The molecule has 0 fully saturated rings. The predicted octanol–water partition coefficient (Wildman–Crippen LogP) is 3.26. The van der Waals surface area contributed by atoms with E-state index >= 15 is 0 Å². The van der Waals surface area contributed by atoms with Gasteiger partial charge in [-0.15, -0.1) is 0 Å². The number of carbonyl (C=O) groups is 1. The highest BCUT2D eigenvalue weighted by atomic mass is 79.9. The molecule has 0 saturated carbocycles. The van der Waals surface area contributed by atoms with E-state index in [9.17, 15) is 22.7 Å². The number of nitrogens with zero attached hydrogens (tertiary/aromatic N) is 1. The van der Waals surface area contributed by atoms with E-state index in [2.05, 4.69) is 15.9 Å². The van der Waals surface area contributed by atoms with E-state index in [1.807, 2.05) is 0 Å². The molecule has 0 bridgehead atoms. The van der Waals surface area contributed by atoms with Gasteiger partial charge in [-0.05, 0) is 55.5 Å². The van der Waals surface area contributed by atoms with Crippen molar-refractivity contribution >= 4 is 37.6 Å². The Hall–Kier alpha value is -1.93. The molecule has 1 N–H and O–H groups in total. The van der Waals surface area contributed by atoms with Gasteiger partial charge in [-0.25, -0.2) is 17.6 Å². The molecule has 0 radical (unpaired) electrons. The average molecular weight is 402 g/mol. The predicted molar refractivity (Wildman–Crippen MR) is 87.3 cm³/mol. The van der Waals surface area contributed by atoms with Crippen LogP contribution in [-0.2, 0) is 14.8 Å². The zero-order valence-corrected chi connectivity index (χ0v) is 14.4. The monoisotopic (exact) mass is 401 g/mol. The summed E-state index contributed by atoms with van der Waals surface area (Å²) < 4.78 is 40.2.